The van der Waals surface area contributed by atoms with Gasteiger partial charge in [-0.3, -0.25) is 0 Å². The maximum absolute atomic E-state index is 6.05. The fraction of sp³-hybridized carbons (Fsp3) is 0.567. The normalized spacial score (nSPS) is 18.7. The quantitative estimate of drug-likeness (QED) is 0.264. The predicted octanol–water partition coefficient (Wildman–Crippen LogP) is 6.26. The second-order valence-electron chi connectivity index (χ2n) is 12.3. The highest BCUT2D eigenvalue weighted by atomic mass is 15.2. The molecule has 0 aliphatic heterocycles. The van der Waals surface area contributed by atoms with Crippen molar-refractivity contribution in [2.24, 2.45) is 5.92 Å². The number of hydrogen-bond donors (Lipinski definition) is 2. The van der Waals surface area contributed by atoms with Crippen LogP contribution < -0.4 is 5.73 Å². The van der Waals surface area contributed by atoms with E-state index in [9.17, 15) is 0 Å². The number of aromatic nitrogens is 5. The predicted molar refractivity (Wildman–Crippen MR) is 153 cm³/mol. The van der Waals surface area contributed by atoms with Crippen molar-refractivity contribution >= 4 is 27.9 Å². The van der Waals surface area contributed by atoms with E-state index in [1.165, 1.54) is 37.8 Å². The molecule has 0 radical (unpaired) electrons. The number of nitrogens with two attached hydrogens (primary N) is 1. The Labute approximate surface area is 220 Å². The molecule has 1 saturated carbocycles. The van der Waals surface area contributed by atoms with Gasteiger partial charge in [0.15, 0.2) is 0 Å². The summed E-state index contributed by atoms with van der Waals surface area (Å²) in [5.41, 5.74) is 10.8. The molecule has 1 aromatic carbocycles. The number of rotatable bonds is 9. The van der Waals surface area contributed by atoms with Crippen LogP contribution in [0.15, 0.2) is 36.8 Å². The second-order valence-corrected chi connectivity index (χ2v) is 12.3. The lowest BCUT2D eigenvalue weighted by atomic mass is 9.87. The van der Waals surface area contributed by atoms with Crippen LogP contribution in [-0.2, 0) is 11.8 Å². The van der Waals surface area contributed by atoms with E-state index in [0.29, 0.717) is 17.9 Å². The van der Waals surface area contributed by atoms with Crippen LogP contribution in [0, 0.1) is 5.92 Å². The van der Waals surface area contributed by atoms with Crippen LogP contribution in [0.2, 0.25) is 0 Å². The van der Waals surface area contributed by atoms with Gasteiger partial charge in [0.25, 0.3) is 0 Å². The zero-order chi connectivity index (χ0) is 26.2. The van der Waals surface area contributed by atoms with E-state index in [1.54, 1.807) is 6.33 Å². The molecule has 37 heavy (non-hydrogen) atoms. The summed E-state index contributed by atoms with van der Waals surface area (Å²) in [6.07, 6.45) is 10.7. The average molecular weight is 502 g/mol. The SMILES string of the molecule is CC(C)N(CCCCc1nc2ccc(C(C)(C)C)cc2[nH]1)C[C@H]1CCC(n2ccc3c(N)ncnc32)C1. The molecule has 7 nitrogen and oxygen atoms in total. The number of aryl methyl sites for hydroxylation is 1. The number of unbranched alkanes of at least 4 members (excludes halogenated alkanes) is 1. The molecule has 5 rings (SSSR count). The minimum Gasteiger partial charge on any atom is -0.383 e. The lowest BCUT2D eigenvalue weighted by Crippen LogP contribution is -2.35. The third-order valence-electron chi connectivity index (χ3n) is 8.18. The Morgan fingerprint density at radius 1 is 1.14 bits per heavy atom. The van der Waals surface area contributed by atoms with Crippen molar-refractivity contribution < 1.29 is 0 Å². The van der Waals surface area contributed by atoms with Gasteiger partial charge in [0.2, 0.25) is 0 Å². The minimum absolute atomic E-state index is 0.150. The first-order valence-electron chi connectivity index (χ1n) is 14.0. The van der Waals surface area contributed by atoms with Crippen molar-refractivity contribution in [3.8, 4) is 0 Å². The summed E-state index contributed by atoms with van der Waals surface area (Å²) in [5, 5.41) is 0.967. The van der Waals surface area contributed by atoms with Crippen molar-refractivity contribution in [2.45, 2.75) is 90.6 Å². The van der Waals surface area contributed by atoms with Crippen LogP contribution in [0.3, 0.4) is 0 Å². The summed E-state index contributed by atoms with van der Waals surface area (Å²) in [5.74, 6) is 2.40. The van der Waals surface area contributed by atoms with Gasteiger partial charge in [-0.15, -0.1) is 0 Å². The van der Waals surface area contributed by atoms with Gasteiger partial charge in [0, 0.05) is 31.2 Å². The van der Waals surface area contributed by atoms with Gasteiger partial charge in [0.1, 0.15) is 23.6 Å². The molecule has 0 bridgehead atoms. The highest BCUT2D eigenvalue weighted by Gasteiger charge is 2.29. The number of imidazole rings is 1. The number of nitrogens with zero attached hydrogens (tertiary/aromatic N) is 5. The van der Waals surface area contributed by atoms with E-state index >= 15 is 0 Å². The van der Waals surface area contributed by atoms with Gasteiger partial charge in [-0.05, 0) is 87.6 Å². The number of nitrogens with one attached hydrogen (secondary N) is 1. The van der Waals surface area contributed by atoms with E-state index < -0.39 is 0 Å². The Morgan fingerprint density at radius 2 is 1.97 bits per heavy atom. The molecule has 7 heteroatoms. The first kappa shape index (κ1) is 25.7. The molecule has 0 saturated heterocycles. The Balaban J connectivity index is 1.13. The minimum atomic E-state index is 0.150. The molecule has 0 spiro atoms. The summed E-state index contributed by atoms with van der Waals surface area (Å²) in [7, 11) is 0. The summed E-state index contributed by atoms with van der Waals surface area (Å²) < 4.78 is 2.32. The van der Waals surface area contributed by atoms with E-state index in [1.807, 2.05) is 0 Å². The Kier molecular flexibility index (Phi) is 7.26. The van der Waals surface area contributed by atoms with Gasteiger partial charge in [-0.1, -0.05) is 26.8 Å². The van der Waals surface area contributed by atoms with Crippen LogP contribution in [0.1, 0.15) is 84.2 Å². The molecule has 3 N–H and O–H groups in total. The lowest BCUT2D eigenvalue weighted by Gasteiger charge is -2.29. The highest BCUT2D eigenvalue weighted by Crippen LogP contribution is 2.37. The highest BCUT2D eigenvalue weighted by molar-refractivity contribution is 5.86. The fourth-order valence-corrected chi connectivity index (χ4v) is 5.90. The van der Waals surface area contributed by atoms with Crippen LogP contribution in [0.25, 0.3) is 22.1 Å². The third kappa shape index (κ3) is 5.66. The smallest absolute Gasteiger partial charge is 0.145 e. The number of nitrogen functional groups attached to an aromatic ring is 1. The Hall–Kier alpha value is -2.93. The standard InChI is InChI=1S/C30H43N7/c1-20(2)36(14-7-6-8-27-34-25-12-10-22(30(3,4)5)17-26(25)35-27)18-21-9-11-23(16-21)37-15-13-24-28(31)32-19-33-29(24)37/h10,12-13,15,17,19-21,23H,6-9,11,14,16,18H2,1-5H3,(H,34,35)(H2,31,32,33)/t21-,23?/m0/s1. The molecular weight excluding hydrogens is 458 g/mol. The van der Waals surface area contributed by atoms with Crippen molar-refractivity contribution in [1.82, 2.24) is 29.4 Å². The molecule has 0 amide bonds. The molecule has 198 valence electrons. The van der Waals surface area contributed by atoms with Gasteiger partial charge >= 0.3 is 0 Å². The summed E-state index contributed by atoms with van der Waals surface area (Å²) in [6.45, 7) is 13.7. The number of fused-ring (bicyclic) bond motifs is 2. The van der Waals surface area contributed by atoms with Crippen molar-refractivity contribution in [3.63, 3.8) is 0 Å². The van der Waals surface area contributed by atoms with Crippen molar-refractivity contribution in [3.05, 3.63) is 48.2 Å². The fourth-order valence-electron chi connectivity index (χ4n) is 5.90. The van der Waals surface area contributed by atoms with Crippen LogP contribution in [0.5, 0.6) is 0 Å². The molecular formula is C30H43N7. The largest absolute Gasteiger partial charge is 0.383 e. The first-order chi connectivity index (χ1) is 17.7. The maximum atomic E-state index is 6.05. The van der Waals surface area contributed by atoms with E-state index in [2.05, 4.69) is 89.5 Å². The summed E-state index contributed by atoms with van der Waals surface area (Å²) in [4.78, 5) is 19.7. The molecule has 1 unspecified atom stereocenters. The monoisotopic (exact) mass is 501 g/mol. The summed E-state index contributed by atoms with van der Waals surface area (Å²) >= 11 is 0. The lowest BCUT2D eigenvalue weighted by molar-refractivity contribution is 0.183. The Morgan fingerprint density at radius 3 is 2.76 bits per heavy atom. The van der Waals surface area contributed by atoms with Gasteiger partial charge in [0.05, 0.1) is 16.4 Å². The molecule has 1 fully saturated rings. The Bertz CT molecular complexity index is 1340. The van der Waals surface area contributed by atoms with E-state index in [4.69, 9.17) is 10.7 Å². The van der Waals surface area contributed by atoms with Crippen molar-refractivity contribution in [1.29, 1.82) is 0 Å². The molecule has 2 atom stereocenters. The van der Waals surface area contributed by atoms with Crippen LogP contribution in [-0.4, -0.2) is 48.5 Å². The zero-order valence-electron chi connectivity index (χ0n) is 23.2. The van der Waals surface area contributed by atoms with Gasteiger partial charge in [-0.2, -0.15) is 0 Å². The molecule has 4 aromatic rings. The molecule has 1 aliphatic rings. The average Bonchev–Trinajstić information content (AvgIpc) is 3.57. The third-order valence-corrected chi connectivity index (χ3v) is 8.18. The molecule has 3 heterocycles. The number of H-pyrrole nitrogens is 1. The van der Waals surface area contributed by atoms with Crippen LogP contribution >= 0.6 is 0 Å². The number of anilines is 1. The van der Waals surface area contributed by atoms with Gasteiger partial charge < -0.3 is 20.2 Å². The summed E-state index contributed by atoms with van der Waals surface area (Å²) in [6, 6.07) is 9.75. The van der Waals surface area contributed by atoms with Gasteiger partial charge in [-0.25, -0.2) is 15.0 Å². The maximum Gasteiger partial charge on any atom is 0.145 e. The second kappa shape index (κ2) is 10.4. The number of benzene rings is 1. The molecule has 1 aliphatic carbocycles. The van der Waals surface area contributed by atoms with E-state index in [0.717, 1.165) is 53.2 Å². The van der Waals surface area contributed by atoms with E-state index in [-0.39, 0.29) is 5.41 Å². The topological polar surface area (TPSA) is 88.7 Å². The van der Waals surface area contributed by atoms with Crippen molar-refractivity contribution in [2.75, 3.05) is 18.8 Å². The van der Waals surface area contributed by atoms with Crippen LogP contribution in [0.4, 0.5) is 5.82 Å². The zero-order valence-corrected chi connectivity index (χ0v) is 23.2. The first-order valence-corrected chi connectivity index (χ1v) is 14.0. The number of aromatic amines is 1. The molecule has 3 aromatic heterocycles. The number of hydrogen-bond acceptors (Lipinski definition) is 5.